The number of hydrogen-bond donors (Lipinski definition) is 0. The van der Waals surface area contributed by atoms with Crippen LogP contribution in [0.25, 0.3) is 11.1 Å². The van der Waals surface area contributed by atoms with Gasteiger partial charge < -0.3 is 9.47 Å². The van der Waals surface area contributed by atoms with Crippen molar-refractivity contribution in [2.45, 2.75) is 17.9 Å². The van der Waals surface area contributed by atoms with Gasteiger partial charge in [-0.25, -0.2) is 4.39 Å². The first kappa shape index (κ1) is 21.9. The summed E-state index contributed by atoms with van der Waals surface area (Å²) in [6.45, 7) is 1.55. The molecule has 3 aromatic rings. The van der Waals surface area contributed by atoms with E-state index in [9.17, 15) is 12.8 Å². The Bertz CT molecular complexity index is 1210. The molecule has 1 atom stereocenters. The van der Waals surface area contributed by atoms with Gasteiger partial charge in [0.15, 0.2) is 17.6 Å². The molecule has 0 spiro atoms. The van der Waals surface area contributed by atoms with Gasteiger partial charge in [-0.15, -0.1) is 0 Å². The third-order valence-electron chi connectivity index (χ3n) is 4.68. The van der Waals surface area contributed by atoms with E-state index in [1.807, 2.05) is 6.92 Å². The summed E-state index contributed by atoms with van der Waals surface area (Å²) in [6.07, 6.45) is -0.752. The molecule has 1 aliphatic rings. The summed E-state index contributed by atoms with van der Waals surface area (Å²) >= 11 is 12.6. The molecular weight excluding hydrogens is 466 g/mol. The van der Waals surface area contributed by atoms with Gasteiger partial charge in [-0.05, 0) is 37.3 Å². The maximum atomic E-state index is 14.2. The molecule has 1 aliphatic heterocycles. The highest BCUT2D eigenvalue weighted by molar-refractivity contribution is 7.86. The van der Waals surface area contributed by atoms with Gasteiger partial charge in [0.2, 0.25) is 0 Å². The van der Waals surface area contributed by atoms with E-state index in [1.165, 1.54) is 24.3 Å². The average molecular weight is 483 g/mol. The van der Waals surface area contributed by atoms with Crippen molar-refractivity contribution < 1.29 is 26.5 Å². The Morgan fingerprint density at radius 3 is 2.45 bits per heavy atom. The Morgan fingerprint density at radius 2 is 1.77 bits per heavy atom. The molecule has 0 saturated heterocycles. The van der Waals surface area contributed by atoms with E-state index in [2.05, 4.69) is 0 Å². The first-order valence-corrected chi connectivity index (χ1v) is 11.4. The van der Waals surface area contributed by atoms with Crippen LogP contribution in [0.4, 0.5) is 4.39 Å². The first-order chi connectivity index (χ1) is 14.7. The van der Waals surface area contributed by atoms with E-state index in [4.69, 9.17) is 36.9 Å². The second kappa shape index (κ2) is 8.67. The summed E-state index contributed by atoms with van der Waals surface area (Å²) in [5, 5.41) is 0.619. The molecule has 0 aromatic heterocycles. The Labute approximate surface area is 189 Å². The molecule has 1 heterocycles. The normalized spacial score (nSPS) is 15.7. The van der Waals surface area contributed by atoms with E-state index in [1.54, 1.807) is 30.3 Å². The number of hydrogen-bond acceptors (Lipinski definition) is 5. The van der Waals surface area contributed by atoms with Crippen molar-refractivity contribution in [1.29, 1.82) is 0 Å². The zero-order valence-electron chi connectivity index (χ0n) is 16.3. The minimum Gasteiger partial charge on any atom is -0.486 e. The van der Waals surface area contributed by atoms with E-state index in [0.29, 0.717) is 21.2 Å². The Kier molecular flexibility index (Phi) is 6.12. The van der Waals surface area contributed by atoms with Gasteiger partial charge in [0.25, 0.3) is 10.1 Å². The third kappa shape index (κ3) is 4.65. The van der Waals surface area contributed by atoms with Crippen LogP contribution in [-0.2, 0) is 14.3 Å². The summed E-state index contributed by atoms with van der Waals surface area (Å²) in [4.78, 5) is 0.0424. The van der Waals surface area contributed by atoms with Crippen LogP contribution in [0, 0.1) is 12.7 Å². The van der Waals surface area contributed by atoms with Gasteiger partial charge in [0.05, 0.1) is 14.9 Å². The monoisotopic (exact) mass is 482 g/mol. The Morgan fingerprint density at radius 1 is 1.10 bits per heavy atom. The van der Waals surface area contributed by atoms with E-state index < -0.39 is 22.0 Å². The minimum atomic E-state index is -3.97. The van der Waals surface area contributed by atoms with Crippen molar-refractivity contribution in [2.75, 3.05) is 13.2 Å². The van der Waals surface area contributed by atoms with Crippen LogP contribution >= 0.6 is 23.2 Å². The van der Waals surface area contributed by atoms with E-state index in [0.717, 1.165) is 5.56 Å². The zero-order valence-corrected chi connectivity index (χ0v) is 18.6. The zero-order chi connectivity index (χ0) is 22.2. The SMILES string of the molecule is Cc1ccc(S(=O)(=O)OC[C@H]2COc3cc(F)cc(-c4c(Cl)cccc4Cl)c3O2)cc1. The lowest BCUT2D eigenvalue weighted by Gasteiger charge is -2.28. The first-order valence-electron chi connectivity index (χ1n) is 9.28. The smallest absolute Gasteiger partial charge is 0.297 e. The van der Waals surface area contributed by atoms with Crippen molar-refractivity contribution in [1.82, 2.24) is 0 Å². The molecule has 0 amide bonds. The van der Waals surface area contributed by atoms with Gasteiger partial charge >= 0.3 is 0 Å². The van der Waals surface area contributed by atoms with Crippen LogP contribution in [0.2, 0.25) is 10.0 Å². The summed E-state index contributed by atoms with van der Waals surface area (Å²) in [6, 6.07) is 13.6. The summed E-state index contributed by atoms with van der Waals surface area (Å²) in [5.74, 6) is -0.169. The summed E-state index contributed by atoms with van der Waals surface area (Å²) < 4.78 is 55.8. The molecule has 162 valence electrons. The summed E-state index contributed by atoms with van der Waals surface area (Å²) in [5.41, 5.74) is 1.62. The molecule has 5 nitrogen and oxygen atoms in total. The van der Waals surface area contributed by atoms with E-state index >= 15 is 0 Å². The highest BCUT2D eigenvalue weighted by Crippen LogP contribution is 2.46. The van der Waals surface area contributed by atoms with Crippen LogP contribution in [0.3, 0.4) is 0 Å². The van der Waals surface area contributed by atoms with Crippen LogP contribution in [-0.4, -0.2) is 27.7 Å². The lowest BCUT2D eigenvalue weighted by molar-refractivity contribution is 0.0558. The van der Waals surface area contributed by atoms with Crippen LogP contribution in [0.5, 0.6) is 11.5 Å². The minimum absolute atomic E-state index is 0.0183. The molecule has 0 N–H and O–H groups in total. The highest BCUT2D eigenvalue weighted by Gasteiger charge is 2.29. The van der Waals surface area contributed by atoms with Crippen molar-refractivity contribution >= 4 is 33.3 Å². The number of aryl methyl sites for hydroxylation is 1. The number of ether oxygens (including phenoxy) is 2. The van der Waals surface area contributed by atoms with Gasteiger partial charge in [-0.2, -0.15) is 8.42 Å². The maximum Gasteiger partial charge on any atom is 0.297 e. The molecule has 31 heavy (non-hydrogen) atoms. The van der Waals surface area contributed by atoms with Crippen LogP contribution < -0.4 is 9.47 Å². The number of benzene rings is 3. The molecule has 0 aliphatic carbocycles. The molecule has 0 saturated carbocycles. The Hall–Kier alpha value is -2.32. The molecule has 4 rings (SSSR count). The second-order valence-corrected chi connectivity index (χ2v) is 9.41. The predicted molar refractivity (Wildman–Crippen MR) is 116 cm³/mol. The molecule has 0 fully saturated rings. The molecule has 9 heteroatoms. The lowest BCUT2D eigenvalue weighted by atomic mass is 10.0. The van der Waals surface area contributed by atoms with Gasteiger partial charge in [0.1, 0.15) is 19.0 Å². The molecule has 0 radical (unpaired) electrons. The van der Waals surface area contributed by atoms with Gasteiger partial charge in [0, 0.05) is 17.2 Å². The highest BCUT2D eigenvalue weighted by atomic mass is 35.5. The fourth-order valence-electron chi connectivity index (χ4n) is 3.14. The topological polar surface area (TPSA) is 61.8 Å². The van der Waals surface area contributed by atoms with E-state index in [-0.39, 0.29) is 29.6 Å². The maximum absolute atomic E-state index is 14.2. The van der Waals surface area contributed by atoms with Crippen molar-refractivity contribution in [3.63, 3.8) is 0 Å². The average Bonchev–Trinajstić information content (AvgIpc) is 2.72. The molecule has 0 unspecified atom stereocenters. The number of rotatable bonds is 5. The fraction of sp³-hybridized carbons (Fsp3) is 0.182. The van der Waals surface area contributed by atoms with Crippen molar-refractivity contribution in [3.05, 3.63) is 76.0 Å². The predicted octanol–water partition coefficient (Wildman–Crippen LogP) is 5.65. The largest absolute Gasteiger partial charge is 0.486 e. The van der Waals surface area contributed by atoms with Crippen LogP contribution in [0.15, 0.2) is 59.5 Å². The number of halogens is 3. The van der Waals surface area contributed by atoms with Crippen molar-refractivity contribution in [3.8, 4) is 22.6 Å². The van der Waals surface area contributed by atoms with Gasteiger partial charge in [-0.1, -0.05) is 47.0 Å². The standard InChI is InChI=1S/C22H17Cl2FO5S/c1-13-5-7-16(8-6-13)31(26,27)29-12-15-11-28-20-10-14(25)9-17(22(20)30-15)21-18(23)3-2-4-19(21)24/h2-10,15H,11-12H2,1H3/t15-/m1/s1. The number of fused-ring (bicyclic) bond motifs is 1. The quantitative estimate of drug-likeness (QED) is 0.439. The molecule has 3 aromatic carbocycles. The van der Waals surface area contributed by atoms with Gasteiger partial charge in [-0.3, -0.25) is 4.18 Å². The summed E-state index contributed by atoms with van der Waals surface area (Å²) in [7, 11) is -3.97. The lowest BCUT2D eigenvalue weighted by Crippen LogP contribution is -2.34. The Balaban J connectivity index is 1.59. The fourth-order valence-corrected chi connectivity index (χ4v) is 4.68. The third-order valence-corrected chi connectivity index (χ3v) is 6.61. The molecule has 0 bridgehead atoms. The van der Waals surface area contributed by atoms with Crippen molar-refractivity contribution in [2.24, 2.45) is 0 Å². The van der Waals surface area contributed by atoms with Crippen LogP contribution in [0.1, 0.15) is 5.56 Å². The molecular formula is C22H17Cl2FO5S. The second-order valence-electron chi connectivity index (χ2n) is 6.98.